The summed E-state index contributed by atoms with van der Waals surface area (Å²) in [6.07, 6.45) is 9.12. The smallest absolute Gasteiger partial charge is 0.286 e. The van der Waals surface area contributed by atoms with E-state index in [9.17, 15) is 4.79 Å². The van der Waals surface area contributed by atoms with Crippen molar-refractivity contribution in [1.82, 2.24) is 15.3 Å². The summed E-state index contributed by atoms with van der Waals surface area (Å²) >= 11 is 0. The predicted molar refractivity (Wildman–Crippen MR) is 89.1 cm³/mol. The van der Waals surface area contributed by atoms with Crippen LogP contribution in [0.15, 0.2) is 41.4 Å². The van der Waals surface area contributed by atoms with Gasteiger partial charge in [0.1, 0.15) is 5.82 Å². The number of ether oxygens (including phenoxy) is 1. The van der Waals surface area contributed by atoms with Crippen LogP contribution in [0.4, 0.5) is 5.82 Å². The predicted octanol–water partition coefficient (Wildman–Crippen LogP) is 1.48. The zero-order chi connectivity index (χ0) is 16.9. The van der Waals surface area contributed by atoms with Gasteiger partial charge in [-0.05, 0) is 25.0 Å². The molecule has 0 radical (unpaired) electrons. The van der Waals surface area contributed by atoms with Gasteiger partial charge in [-0.15, -0.1) is 0 Å². The largest absolute Gasteiger partial charge is 0.459 e. The van der Waals surface area contributed by atoms with E-state index in [0.29, 0.717) is 24.1 Å². The van der Waals surface area contributed by atoms with Crippen LogP contribution in [-0.4, -0.2) is 47.2 Å². The van der Waals surface area contributed by atoms with Crippen LogP contribution in [0.5, 0.6) is 0 Å². The van der Waals surface area contributed by atoms with Crippen LogP contribution in [0, 0.1) is 11.8 Å². The molecule has 7 nitrogen and oxygen atoms in total. The number of furan rings is 1. The van der Waals surface area contributed by atoms with Crippen molar-refractivity contribution < 1.29 is 13.9 Å². The molecule has 2 aromatic rings. The highest BCUT2D eigenvalue weighted by atomic mass is 16.5. The first kappa shape index (κ1) is 14.9. The fourth-order valence-electron chi connectivity index (χ4n) is 4.80. The molecule has 5 rings (SSSR count). The Balaban J connectivity index is 1.31. The summed E-state index contributed by atoms with van der Waals surface area (Å²) in [6.45, 7) is 2.37. The molecular formula is C18H20N4O3. The monoisotopic (exact) mass is 340 g/mol. The van der Waals surface area contributed by atoms with E-state index in [1.54, 1.807) is 30.7 Å². The fraction of sp³-hybridized carbons (Fsp3) is 0.500. The van der Waals surface area contributed by atoms with E-state index in [-0.39, 0.29) is 17.6 Å². The number of amides is 1. The van der Waals surface area contributed by atoms with Crippen molar-refractivity contribution in [2.45, 2.75) is 24.5 Å². The Morgan fingerprint density at radius 3 is 3.20 bits per heavy atom. The van der Waals surface area contributed by atoms with Crippen LogP contribution in [0.2, 0.25) is 0 Å². The van der Waals surface area contributed by atoms with Gasteiger partial charge in [-0.2, -0.15) is 0 Å². The molecule has 2 bridgehead atoms. The molecule has 0 aromatic carbocycles. The van der Waals surface area contributed by atoms with Crippen molar-refractivity contribution in [2.75, 3.05) is 24.5 Å². The van der Waals surface area contributed by atoms with Crippen LogP contribution in [0.25, 0.3) is 0 Å². The number of aromatic nitrogens is 2. The molecule has 3 aliphatic heterocycles. The second kappa shape index (κ2) is 5.56. The van der Waals surface area contributed by atoms with Crippen LogP contribution in [0.1, 0.15) is 23.4 Å². The quantitative estimate of drug-likeness (QED) is 0.908. The molecule has 7 heteroatoms. The van der Waals surface area contributed by atoms with Crippen molar-refractivity contribution >= 4 is 11.7 Å². The van der Waals surface area contributed by atoms with Gasteiger partial charge in [0, 0.05) is 43.9 Å². The van der Waals surface area contributed by atoms with Gasteiger partial charge in [0.2, 0.25) is 0 Å². The summed E-state index contributed by atoms with van der Waals surface area (Å²) in [5, 5.41) is 3.02. The molecule has 3 aliphatic rings. The van der Waals surface area contributed by atoms with Gasteiger partial charge in [0.15, 0.2) is 5.76 Å². The molecule has 2 aromatic heterocycles. The molecule has 0 aliphatic carbocycles. The average molecular weight is 340 g/mol. The summed E-state index contributed by atoms with van der Waals surface area (Å²) in [5.41, 5.74) is -0.0950. The van der Waals surface area contributed by atoms with E-state index >= 15 is 0 Å². The molecule has 1 spiro atoms. The highest BCUT2D eigenvalue weighted by molar-refractivity contribution is 5.91. The average Bonchev–Trinajstić information content (AvgIpc) is 3.40. The van der Waals surface area contributed by atoms with E-state index < -0.39 is 0 Å². The Morgan fingerprint density at radius 2 is 2.40 bits per heavy atom. The zero-order valence-corrected chi connectivity index (χ0v) is 13.8. The summed E-state index contributed by atoms with van der Waals surface area (Å²) in [7, 11) is 0. The number of hydrogen-bond donors (Lipinski definition) is 1. The highest BCUT2D eigenvalue weighted by Gasteiger charge is 2.63. The topological polar surface area (TPSA) is 80.5 Å². The lowest BCUT2D eigenvalue weighted by Crippen LogP contribution is -2.41. The van der Waals surface area contributed by atoms with Gasteiger partial charge in [0.25, 0.3) is 5.91 Å². The van der Waals surface area contributed by atoms with Crippen LogP contribution >= 0.6 is 0 Å². The van der Waals surface area contributed by atoms with Gasteiger partial charge in [-0.25, -0.2) is 4.98 Å². The molecule has 1 N–H and O–H groups in total. The summed E-state index contributed by atoms with van der Waals surface area (Å²) in [4.78, 5) is 23.0. The van der Waals surface area contributed by atoms with Crippen LogP contribution in [0.3, 0.4) is 0 Å². The van der Waals surface area contributed by atoms with Gasteiger partial charge in [-0.1, -0.05) is 0 Å². The Kier molecular flexibility index (Phi) is 3.31. The molecule has 3 fully saturated rings. The van der Waals surface area contributed by atoms with Crippen molar-refractivity contribution in [3.63, 3.8) is 0 Å². The Morgan fingerprint density at radius 1 is 1.44 bits per heavy atom. The summed E-state index contributed by atoms with van der Waals surface area (Å²) < 4.78 is 11.6. The van der Waals surface area contributed by atoms with Crippen LogP contribution in [-0.2, 0) is 4.74 Å². The number of carbonyl (C=O) groups is 1. The van der Waals surface area contributed by atoms with Crippen LogP contribution < -0.4 is 10.2 Å². The maximum Gasteiger partial charge on any atom is 0.286 e. The molecule has 3 saturated heterocycles. The third kappa shape index (κ3) is 2.33. The minimum atomic E-state index is -0.161. The molecule has 130 valence electrons. The van der Waals surface area contributed by atoms with Crippen molar-refractivity contribution in [1.29, 1.82) is 0 Å². The second-order valence-electron chi connectivity index (χ2n) is 7.16. The molecule has 0 saturated carbocycles. The molecule has 25 heavy (non-hydrogen) atoms. The third-order valence-electron chi connectivity index (χ3n) is 5.90. The molecule has 0 unspecified atom stereocenters. The van der Waals surface area contributed by atoms with E-state index in [0.717, 1.165) is 31.7 Å². The van der Waals surface area contributed by atoms with Crippen molar-refractivity contribution in [2.24, 2.45) is 11.8 Å². The molecule has 4 atom stereocenters. The van der Waals surface area contributed by atoms with Gasteiger partial charge >= 0.3 is 0 Å². The van der Waals surface area contributed by atoms with E-state index in [1.165, 1.54) is 6.26 Å². The van der Waals surface area contributed by atoms with Gasteiger partial charge < -0.3 is 19.4 Å². The number of anilines is 1. The summed E-state index contributed by atoms with van der Waals surface area (Å²) in [5.74, 6) is 1.83. The van der Waals surface area contributed by atoms with Gasteiger partial charge in [-0.3, -0.25) is 9.78 Å². The first-order valence-corrected chi connectivity index (χ1v) is 8.76. The number of nitrogens with zero attached hydrogens (tertiary/aromatic N) is 3. The minimum Gasteiger partial charge on any atom is -0.459 e. The molecular weight excluding hydrogens is 320 g/mol. The lowest BCUT2D eigenvalue weighted by Gasteiger charge is -2.29. The van der Waals surface area contributed by atoms with E-state index in [4.69, 9.17) is 9.15 Å². The van der Waals surface area contributed by atoms with E-state index in [2.05, 4.69) is 20.2 Å². The number of fused-ring (bicyclic) bond motifs is 1. The number of rotatable bonds is 4. The first-order valence-electron chi connectivity index (χ1n) is 8.76. The van der Waals surface area contributed by atoms with Crippen molar-refractivity contribution in [3.8, 4) is 0 Å². The maximum absolute atomic E-state index is 12.2. The zero-order valence-electron chi connectivity index (χ0n) is 13.8. The second-order valence-corrected chi connectivity index (χ2v) is 7.16. The normalized spacial score (nSPS) is 32.8. The Bertz CT molecular complexity index is 766. The third-order valence-corrected chi connectivity index (χ3v) is 5.90. The highest BCUT2D eigenvalue weighted by Crippen LogP contribution is 2.55. The minimum absolute atomic E-state index is 0.0950. The van der Waals surface area contributed by atoms with Crippen molar-refractivity contribution in [3.05, 3.63) is 42.7 Å². The summed E-state index contributed by atoms with van der Waals surface area (Å²) in [6, 6.07) is 3.40. The van der Waals surface area contributed by atoms with E-state index in [1.807, 2.05) is 0 Å². The first-order chi connectivity index (χ1) is 12.3. The van der Waals surface area contributed by atoms with Gasteiger partial charge in [0.05, 0.1) is 24.2 Å². The lowest BCUT2D eigenvalue weighted by atomic mass is 9.73. The molecule has 1 amide bonds. The Hall–Kier alpha value is -2.41. The maximum atomic E-state index is 12.2. The lowest BCUT2D eigenvalue weighted by molar-refractivity contribution is 0.0141. The number of hydrogen-bond acceptors (Lipinski definition) is 6. The SMILES string of the molecule is O=C(NC[C@H]1[C@H]2CN(c3cnccn3)C[C@]23CC[C@H]1O3)c1ccco1. The fourth-order valence-corrected chi connectivity index (χ4v) is 4.80. The standard InChI is InChI=1S/C18H20N4O3/c23-17(15-2-1-7-24-15)21-8-12-13-10-22(16-9-19-5-6-20-16)11-18(13)4-3-14(12)25-18/h1-2,5-7,9,12-14H,3-4,8,10-11H2,(H,21,23)/t12-,13+,14+,18+/m0/s1. The molecule has 5 heterocycles. The number of carbonyl (C=O) groups excluding carboxylic acids is 1. The Labute approximate surface area is 145 Å². The number of nitrogens with one attached hydrogen (secondary N) is 1.